The summed E-state index contributed by atoms with van der Waals surface area (Å²) in [5.74, 6) is -0.408. The Bertz CT molecular complexity index is 893. The van der Waals surface area contributed by atoms with Crippen molar-refractivity contribution in [1.82, 2.24) is 9.47 Å². The highest BCUT2D eigenvalue weighted by atomic mass is 32.1. The molecule has 3 rings (SSSR count). The molecule has 23 heavy (non-hydrogen) atoms. The van der Waals surface area contributed by atoms with Gasteiger partial charge in [-0.3, -0.25) is 9.88 Å². The van der Waals surface area contributed by atoms with Crippen LogP contribution < -0.4 is 11.1 Å². The van der Waals surface area contributed by atoms with Gasteiger partial charge in [-0.25, -0.2) is 9.59 Å². The lowest BCUT2D eigenvalue weighted by Gasteiger charge is -2.17. The fourth-order valence-electron chi connectivity index (χ4n) is 2.28. The van der Waals surface area contributed by atoms with E-state index in [-0.39, 0.29) is 6.03 Å². The zero-order valence-electron chi connectivity index (χ0n) is 12.9. The van der Waals surface area contributed by atoms with Crippen LogP contribution in [0.4, 0.5) is 9.80 Å². The minimum absolute atomic E-state index is 0.201. The molecule has 1 N–H and O–H groups in total. The molecule has 7 heteroatoms. The molecule has 3 aromatic rings. The predicted octanol–water partition coefficient (Wildman–Crippen LogP) is 3.13. The number of benzene rings is 1. The van der Waals surface area contributed by atoms with Crippen molar-refractivity contribution in [3.05, 3.63) is 51.8 Å². The van der Waals surface area contributed by atoms with Crippen molar-refractivity contribution in [2.45, 2.75) is 13.5 Å². The van der Waals surface area contributed by atoms with Gasteiger partial charge in [-0.15, -0.1) is 11.3 Å². The van der Waals surface area contributed by atoms with Gasteiger partial charge in [0.25, 0.3) is 0 Å². The molecule has 0 aliphatic carbocycles. The van der Waals surface area contributed by atoms with Gasteiger partial charge in [0.2, 0.25) is 0 Å². The minimum Gasteiger partial charge on any atom is -0.408 e. The van der Waals surface area contributed by atoms with Crippen LogP contribution in [0.25, 0.3) is 11.1 Å². The number of nitrogens with zero attached hydrogens (tertiary/aromatic N) is 2. The molecule has 2 heterocycles. The number of likely N-dealkylation sites (N-methyl/N-ethyl adjacent to an activating group) is 1. The third kappa shape index (κ3) is 3.29. The molecule has 0 fully saturated rings. The highest BCUT2D eigenvalue weighted by Crippen LogP contribution is 2.20. The first kappa shape index (κ1) is 15.4. The molecule has 0 radical (unpaired) electrons. The van der Waals surface area contributed by atoms with Crippen molar-refractivity contribution < 1.29 is 9.21 Å². The van der Waals surface area contributed by atoms with Crippen molar-refractivity contribution in [2.75, 3.05) is 18.9 Å². The molecular weight excluding hydrogens is 314 g/mol. The third-order valence-corrected chi connectivity index (χ3v) is 4.47. The minimum atomic E-state index is -0.408. The second-order valence-electron chi connectivity index (χ2n) is 5.25. The number of aromatic nitrogens is 1. The first-order chi connectivity index (χ1) is 11.0. The summed E-state index contributed by atoms with van der Waals surface area (Å²) in [4.78, 5) is 26.7. The van der Waals surface area contributed by atoms with E-state index in [1.54, 1.807) is 18.0 Å². The number of nitrogens with one attached hydrogen (secondary N) is 1. The second-order valence-corrected chi connectivity index (χ2v) is 6.54. The van der Waals surface area contributed by atoms with Gasteiger partial charge in [0.1, 0.15) is 0 Å². The average Bonchev–Trinajstić information content (AvgIpc) is 3.07. The number of carbonyl (C=O) groups excluding carboxylic acids is 1. The van der Waals surface area contributed by atoms with E-state index in [0.717, 1.165) is 15.4 Å². The van der Waals surface area contributed by atoms with Crippen LogP contribution in [0.5, 0.6) is 0 Å². The van der Waals surface area contributed by atoms with Gasteiger partial charge in [0, 0.05) is 25.0 Å². The molecule has 0 spiro atoms. The van der Waals surface area contributed by atoms with Crippen molar-refractivity contribution in [3.63, 3.8) is 0 Å². The number of carbonyl (C=O) groups is 1. The summed E-state index contributed by atoms with van der Waals surface area (Å²) in [6, 6.07) is 10.9. The van der Waals surface area contributed by atoms with E-state index in [2.05, 4.69) is 5.32 Å². The number of rotatable bonds is 4. The molecule has 2 amide bonds. The van der Waals surface area contributed by atoms with E-state index in [1.807, 2.05) is 37.3 Å². The molecule has 2 aromatic heterocycles. The normalized spacial score (nSPS) is 10.9. The number of hydrogen-bond acceptors (Lipinski definition) is 4. The maximum Gasteiger partial charge on any atom is 0.420 e. The Hall–Kier alpha value is -2.54. The number of hydrogen-bond donors (Lipinski definition) is 1. The van der Waals surface area contributed by atoms with Crippen molar-refractivity contribution in [2.24, 2.45) is 0 Å². The number of urea groups is 1. The number of fused-ring (bicyclic) bond motifs is 1. The molecule has 0 saturated heterocycles. The Labute approximate surface area is 136 Å². The molecule has 0 atom stereocenters. The Morgan fingerprint density at radius 2 is 2.09 bits per heavy atom. The third-order valence-electron chi connectivity index (χ3n) is 3.55. The van der Waals surface area contributed by atoms with Crippen LogP contribution in [0.15, 0.2) is 45.6 Å². The van der Waals surface area contributed by atoms with E-state index in [9.17, 15) is 9.59 Å². The number of aryl methyl sites for hydroxylation is 1. The summed E-state index contributed by atoms with van der Waals surface area (Å²) in [6.07, 6.45) is 0. The zero-order chi connectivity index (χ0) is 16.4. The summed E-state index contributed by atoms with van der Waals surface area (Å²) in [5, 5.41) is 3.65. The van der Waals surface area contributed by atoms with Crippen LogP contribution in [-0.2, 0) is 6.54 Å². The SMILES string of the molecule is Cc1ccc(NC(=O)N(C)CCn2c(=O)oc3ccccc32)s1. The molecule has 0 aliphatic rings. The van der Waals surface area contributed by atoms with Crippen LogP contribution in [0.3, 0.4) is 0 Å². The van der Waals surface area contributed by atoms with E-state index in [0.29, 0.717) is 18.7 Å². The van der Waals surface area contributed by atoms with Gasteiger partial charge >= 0.3 is 11.8 Å². The number of para-hydroxylation sites is 2. The molecule has 120 valence electrons. The Kier molecular flexibility index (Phi) is 4.20. The van der Waals surface area contributed by atoms with E-state index < -0.39 is 5.76 Å². The lowest BCUT2D eigenvalue weighted by atomic mass is 10.3. The van der Waals surface area contributed by atoms with Crippen molar-refractivity contribution in [1.29, 1.82) is 0 Å². The van der Waals surface area contributed by atoms with E-state index in [4.69, 9.17) is 4.42 Å². The van der Waals surface area contributed by atoms with Crippen molar-refractivity contribution in [3.8, 4) is 0 Å². The number of anilines is 1. The van der Waals surface area contributed by atoms with Crippen LogP contribution in [0.1, 0.15) is 4.88 Å². The van der Waals surface area contributed by atoms with Crippen LogP contribution in [0, 0.1) is 6.92 Å². The molecule has 0 unspecified atom stereocenters. The predicted molar refractivity (Wildman–Crippen MR) is 91.2 cm³/mol. The fraction of sp³-hybridized carbons (Fsp3) is 0.250. The van der Waals surface area contributed by atoms with Gasteiger partial charge in [-0.1, -0.05) is 12.1 Å². The molecule has 0 bridgehead atoms. The number of oxazole rings is 1. The average molecular weight is 331 g/mol. The van der Waals surface area contributed by atoms with Crippen LogP contribution in [0.2, 0.25) is 0 Å². The van der Waals surface area contributed by atoms with Crippen LogP contribution in [-0.4, -0.2) is 29.1 Å². The van der Waals surface area contributed by atoms with E-state index >= 15 is 0 Å². The first-order valence-electron chi connectivity index (χ1n) is 7.21. The zero-order valence-corrected chi connectivity index (χ0v) is 13.7. The topological polar surface area (TPSA) is 67.5 Å². The lowest BCUT2D eigenvalue weighted by molar-refractivity contribution is 0.220. The lowest BCUT2D eigenvalue weighted by Crippen LogP contribution is -2.34. The molecule has 0 aliphatic heterocycles. The van der Waals surface area contributed by atoms with Gasteiger partial charge in [-0.05, 0) is 31.2 Å². The molecule has 6 nitrogen and oxygen atoms in total. The maximum atomic E-state index is 12.1. The van der Waals surface area contributed by atoms with Gasteiger partial charge in [0.15, 0.2) is 5.58 Å². The molecular formula is C16H17N3O3S. The summed E-state index contributed by atoms with van der Waals surface area (Å²) < 4.78 is 6.72. The molecule has 1 aromatic carbocycles. The standard InChI is InChI=1S/C16H17N3O3S/c1-11-7-8-14(23-11)17-15(20)18(2)9-10-19-12-5-3-4-6-13(12)22-16(19)21/h3-8H,9-10H2,1-2H3,(H,17,20). The number of thiophene rings is 1. The summed E-state index contributed by atoms with van der Waals surface area (Å²) in [5.41, 5.74) is 1.29. The van der Waals surface area contributed by atoms with Gasteiger partial charge in [0.05, 0.1) is 10.5 Å². The van der Waals surface area contributed by atoms with Crippen molar-refractivity contribution >= 4 is 33.5 Å². The largest absolute Gasteiger partial charge is 0.420 e. The van der Waals surface area contributed by atoms with E-state index in [1.165, 1.54) is 15.9 Å². The highest BCUT2D eigenvalue weighted by Gasteiger charge is 2.13. The molecule has 0 saturated carbocycles. The Morgan fingerprint density at radius 1 is 1.30 bits per heavy atom. The maximum absolute atomic E-state index is 12.1. The monoisotopic (exact) mass is 331 g/mol. The van der Waals surface area contributed by atoms with Gasteiger partial charge < -0.3 is 9.32 Å². The smallest absolute Gasteiger partial charge is 0.408 e. The second kappa shape index (κ2) is 6.29. The van der Waals surface area contributed by atoms with Crippen LogP contribution >= 0.6 is 11.3 Å². The Balaban J connectivity index is 1.66. The summed E-state index contributed by atoms with van der Waals surface area (Å²) in [7, 11) is 1.70. The highest BCUT2D eigenvalue weighted by molar-refractivity contribution is 7.16. The Morgan fingerprint density at radius 3 is 2.83 bits per heavy atom. The summed E-state index contributed by atoms with van der Waals surface area (Å²) >= 11 is 1.52. The fourth-order valence-corrected chi connectivity index (χ4v) is 3.04. The quantitative estimate of drug-likeness (QED) is 0.798. The summed E-state index contributed by atoms with van der Waals surface area (Å²) in [6.45, 7) is 2.77. The number of amides is 2. The van der Waals surface area contributed by atoms with Gasteiger partial charge in [-0.2, -0.15) is 0 Å². The first-order valence-corrected chi connectivity index (χ1v) is 8.03.